The van der Waals surface area contributed by atoms with Crippen LogP contribution in [-0.2, 0) is 9.47 Å². The average Bonchev–Trinajstić information content (AvgIpc) is 2.52. The molecule has 0 atom stereocenters. The molecule has 0 saturated carbocycles. The van der Waals surface area contributed by atoms with Crippen LogP contribution in [0.25, 0.3) is 0 Å². The standard InChI is InChI=1S/C20H40O2/c1-4-7-8-9-10-11-12-13-14-15-16-17-18-19-20(21-5-2)22-6-3/h11-12,20H,4-10,13-19H2,1-3H3. The van der Waals surface area contributed by atoms with Crippen molar-refractivity contribution in [1.82, 2.24) is 0 Å². The van der Waals surface area contributed by atoms with E-state index in [0.29, 0.717) is 0 Å². The van der Waals surface area contributed by atoms with Crippen molar-refractivity contribution in [3.8, 4) is 0 Å². The zero-order chi connectivity index (χ0) is 16.3. The Labute approximate surface area is 139 Å². The van der Waals surface area contributed by atoms with Crippen molar-refractivity contribution in [1.29, 1.82) is 0 Å². The number of unbranched alkanes of at least 4 members (excludes halogenated alkanes) is 9. The van der Waals surface area contributed by atoms with Crippen LogP contribution < -0.4 is 0 Å². The zero-order valence-corrected chi connectivity index (χ0v) is 15.4. The first-order chi connectivity index (χ1) is 10.8. The van der Waals surface area contributed by atoms with Crippen LogP contribution in [0.5, 0.6) is 0 Å². The Morgan fingerprint density at radius 1 is 0.636 bits per heavy atom. The quantitative estimate of drug-likeness (QED) is 0.170. The summed E-state index contributed by atoms with van der Waals surface area (Å²) in [5, 5.41) is 0. The highest BCUT2D eigenvalue weighted by Crippen LogP contribution is 2.12. The van der Waals surface area contributed by atoms with E-state index < -0.39 is 0 Å². The van der Waals surface area contributed by atoms with E-state index in [9.17, 15) is 0 Å². The van der Waals surface area contributed by atoms with Gasteiger partial charge in [-0.25, -0.2) is 0 Å². The normalized spacial score (nSPS) is 11.8. The van der Waals surface area contributed by atoms with Gasteiger partial charge in [-0.05, 0) is 52.4 Å². The molecule has 0 saturated heterocycles. The molecule has 0 aromatic heterocycles. The van der Waals surface area contributed by atoms with E-state index in [2.05, 4.69) is 19.1 Å². The summed E-state index contributed by atoms with van der Waals surface area (Å²) in [6.45, 7) is 7.82. The second-order valence-corrected chi connectivity index (χ2v) is 6.01. The highest BCUT2D eigenvalue weighted by molar-refractivity contribution is 4.81. The van der Waals surface area contributed by atoms with Crippen molar-refractivity contribution >= 4 is 0 Å². The van der Waals surface area contributed by atoms with E-state index >= 15 is 0 Å². The molecule has 0 fully saturated rings. The Balaban J connectivity index is 3.26. The molecule has 0 aromatic carbocycles. The van der Waals surface area contributed by atoms with Crippen LogP contribution in [0.2, 0.25) is 0 Å². The predicted molar refractivity (Wildman–Crippen MR) is 97.3 cm³/mol. The topological polar surface area (TPSA) is 18.5 Å². The van der Waals surface area contributed by atoms with Crippen molar-refractivity contribution in [3.05, 3.63) is 12.2 Å². The first kappa shape index (κ1) is 21.7. The second kappa shape index (κ2) is 18.7. The molecular formula is C20H40O2. The minimum atomic E-state index is 0.0191. The molecule has 0 aliphatic carbocycles. The third-order valence-electron chi connectivity index (χ3n) is 3.91. The largest absolute Gasteiger partial charge is 0.353 e. The Morgan fingerprint density at radius 2 is 1.14 bits per heavy atom. The molecule has 0 N–H and O–H groups in total. The summed E-state index contributed by atoms with van der Waals surface area (Å²) in [4.78, 5) is 0. The van der Waals surface area contributed by atoms with Gasteiger partial charge in [-0.15, -0.1) is 0 Å². The molecule has 0 unspecified atom stereocenters. The van der Waals surface area contributed by atoms with Crippen LogP contribution in [0.1, 0.15) is 97.8 Å². The van der Waals surface area contributed by atoms with Crippen molar-refractivity contribution < 1.29 is 9.47 Å². The number of ether oxygens (including phenoxy) is 2. The molecule has 2 heteroatoms. The van der Waals surface area contributed by atoms with Gasteiger partial charge in [0.15, 0.2) is 6.29 Å². The van der Waals surface area contributed by atoms with Crippen LogP contribution >= 0.6 is 0 Å². The van der Waals surface area contributed by atoms with Gasteiger partial charge in [-0.1, -0.05) is 57.6 Å². The summed E-state index contributed by atoms with van der Waals surface area (Å²) in [6.07, 6.45) is 20.4. The fourth-order valence-electron chi connectivity index (χ4n) is 2.61. The van der Waals surface area contributed by atoms with E-state index in [1.165, 1.54) is 70.6 Å². The SMILES string of the molecule is CCCCCCC=CCCCCCCCC(OCC)OCC. The molecule has 132 valence electrons. The smallest absolute Gasteiger partial charge is 0.157 e. The molecule has 0 rings (SSSR count). The minimum absolute atomic E-state index is 0.0191. The summed E-state index contributed by atoms with van der Waals surface area (Å²) >= 11 is 0. The first-order valence-electron chi connectivity index (χ1n) is 9.73. The summed E-state index contributed by atoms with van der Waals surface area (Å²) < 4.78 is 11.1. The molecule has 0 aromatic rings. The monoisotopic (exact) mass is 312 g/mol. The minimum Gasteiger partial charge on any atom is -0.353 e. The van der Waals surface area contributed by atoms with Crippen LogP contribution in [0.3, 0.4) is 0 Å². The van der Waals surface area contributed by atoms with Crippen molar-refractivity contribution in [2.24, 2.45) is 0 Å². The van der Waals surface area contributed by atoms with Crippen molar-refractivity contribution in [3.63, 3.8) is 0 Å². The molecule has 2 nitrogen and oxygen atoms in total. The average molecular weight is 313 g/mol. The number of hydrogen-bond donors (Lipinski definition) is 0. The Bertz CT molecular complexity index is 220. The number of hydrogen-bond acceptors (Lipinski definition) is 2. The summed E-state index contributed by atoms with van der Waals surface area (Å²) in [7, 11) is 0. The maximum absolute atomic E-state index is 5.56. The van der Waals surface area contributed by atoms with E-state index in [4.69, 9.17) is 9.47 Å². The van der Waals surface area contributed by atoms with Gasteiger partial charge < -0.3 is 9.47 Å². The maximum Gasteiger partial charge on any atom is 0.157 e. The van der Waals surface area contributed by atoms with Gasteiger partial charge >= 0.3 is 0 Å². The third kappa shape index (κ3) is 16.0. The van der Waals surface area contributed by atoms with E-state index in [-0.39, 0.29) is 6.29 Å². The lowest BCUT2D eigenvalue weighted by molar-refractivity contribution is -0.140. The molecule has 0 amide bonds. The highest BCUT2D eigenvalue weighted by Gasteiger charge is 2.06. The van der Waals surface area contributed by atoms with E-state index in [0.717, 1.165) is 19.6 Å². The molecule has 22 heavy (non-hydrogen) atoms. The molecule has 0 heterocycles. The lowest BCUT2D eigenvalue weighted by atomic mass is 10.1. The van der Waals surface area contributed by atoms with E-state index in [1.54, 1.807) is 0 Å². The molecule has 0 aliphatic rings. The highest BCUT2D eigenvalue weighted by atomic mass is 16.7. The fourth-order valence-corrected chi connectivity index (χ4v) is 2.61. The summed E-state index contributed by atoms with van der Waals surface area (Å²) in [6, 6.07) is 0. The van der Waals surface area contributed by atoms with Crippen molar-refractivity contribution in [2.75, 3.05) is 13.2 Å². The van der Waals surface area contributed by atoms with Gasteiger partial charge in [0.2, 0.25) is 0 Å². The summed E-state index contributed by atoms with van der Waals surface area (Å²) in [5.74, 6) is 0. The molecule has 0 aliphatic heterocycles. The maximum atomic E-state index is 5.56. The second-order valence-electron chi connectivity index (χ2n) is 6.01. The van der Waals surface area contributed by atoms with Gasteiger partial charge in [0, 0.05) is 13.2 Å². The predicted octanol–water partition coefficient (Wildman–Crippen LogP) is 6.64. The number of rotatable bonds is 17. The first-order valence-corrected chi connectivity index (χ1v) is 9.73. The molecule has 0 spiro atoms. The van der Waals surface area contributed by atoms with Crippen LogP contribution in [-0.4, -0.2) is 19.5 Å². The third-order valence-corrected chi connectivity index (χ3v) is 3.91. The van der Waals surface area contributed by atoms with Gasteiger partial charge in [-0.2, -0.15) is 0 Å². The number of allylic oxidation sites excluding steroid dienone is 2. The molecular weight excluding hydrogens is 272 g/mol. The van der Waals surface area contributed by atoms with Crippen LogP contribution in [0, 0.1) is 0 Å². The summed E-state index contributed by atoms with van der Waals surface area (Å²) in [5.41, 5.74) is 0. The van der Waals surface area contributed by atoms with Gasteiger partial charge in [0.25, 0.3) is 0 Å². The van der Waals surface area contributed by atoms with Gasteiger partial charge in [-0.3, -0.25) is 0 Å². The van der Waals surface area contributed by atoms with Gasteiger partial charge in [0.05, 0.1) is 0 Å². The Hall–Kier alpha value is -0.340. The Kier molecular flexibility index (Phi) is 18.4. The lowest BCUT2D eigenvalue weighted by Crippen LogP contribution is -2.17. The lowest BCUT2D eigenvalue weighted by Gasteiger charge is -2.16. The van der Waals surface area contributed by atoms with E-state index in [1.807, 2.05) is 13.8 Å². The Morgan fingerprint density at radius 3 is 1.68 bits per heavy atom. The molecule has 0 radical (unpaired) electrons. The van der Waals surface area contributed by atoms with Gasteiger partial charge in [0.1, 0.15) is 0 Å². The fraction of sp³-hybridized carbons (Fsp3) is 0.900. The van der Waals surface area contributed by atoms with Crippen LogP contribution in [0.4, 0.5) is 0 Å². The van der Waals surface area contributed by atoms with Crippen molar-refractivity contribution in [2.45, 2.75) is 104 Å². The molecule has 0 bridgehead atoms. The van der Waals surface area contributed by atoms with Crippen LogP contribution in [0.15, 0.2) is 12.2 Å². The zero-order valence-electron chi connectivity index (χ0n) is 15.4.